The van der Waals surface area contributed by atoms with E-state index in [0.717, 1.165) is 6.42 Å². The van der Waals surface area contributed by atoms with Crippen LogP contribution in [0.25, 0.3) is 0 Å². The molecule has 0 aromatic carbocycles. The largest absolute Gasteiger partial charge is 0.380 e. The van der Waals surface area contributed by atoms with E-state index in [0.29, 0.717) is 0 Å². The van der Waals surface area contributed by atoms with Crippen molar-refractivity contribution in [2.75, 3.05) is 19.1 Å². The Labute approximate surface area is 62.3 Å². The lowest BCUT2D eigenvalue weighted by Gasteiger charge is -2.10. The van der Waals surface area contributed by atoms with E-state index in [2.05, 4.69) is 0 Å². The van der Waals surface area contributed by atoms with Crippen molar-refractivity contribution >= 4 is 9.84 Å². The van der Waals surface area contributed by atoms with Crippen molar-refractivity contribution in [1.82, 2.24) is 0 Å². The van der Waals surface area contributed by atoms with Gasteiger partial charge >= 0.3 is 0 Å². The van der Waals surface area contributed by atoms with Crippen LogP contribution in [0.2, 0.25) is 0 Å². The molecule has 0 rings (SSSR count). The van der Waals surface area contributed by atoms with Gasteiger partial charge in [-0.15, -0.1) is 0 Å². The molecule has 62 valence electrons. The molecule has 0 aliphatic heterocycles. The van der Waals surface area contributed by atoms with Gasteiger partial charge in [0.05, 0.1) is 11.9 Å². The summed E-state index contributed by atoms with van der Waals surface area (Å²) in [7, 11) is -1.35. The molecule has 0 N–H and O–H groups in total. The Bertz CT molecular complexity index is 167. The fourth-order valence-electron chi connectivity index (χ4n) is 0.690. The summed E-state index contributed by atoms with van der Waals surface area (Å²) < 4.78 is 26.3. The van der Waals surface area contributed by atoms with E-state index in [-0.39, 0.29) is 11.9 Å². The second-order valence-electron chi connectivity index (χ2n) is 2.36. The predicted octanol–water partition coefficient (Wildman–Crippen LogP) is 0.456. The standard InChI is InChI=1S/C6H14O3S/c1-4-6(9-2)5-10(3,7)8/h6H,4-5H2,1-3H3. The third-order valence-electron chi connectivity index (χ3n) is 1.28. The molecule has 0 aromatic heterocycles. The van der Waals surface area contributed by atoms with Gasteiger partial charge in [-0.3, -0.25) is 0 Å². The number of rotatable bonds is 4. The van der Waals surface area contributed by atoms with Crippen molar-refractivity contribution in [2.24, 2.45) is 0 Å². The van der Waals surface area contributed by atoms with Gasteiger partial charge in [0.15, 0.2) is 0 Å². The highest BCUT2D eigenvalue weighted by Crippen LogP contribution is 1.99. The summed E-state index contributed by atoms with van der Waals surface area (Å²) in [5, 5.41) is 0. The fourth-order valence-corrected chi connectivity index (χ4v) is 1.74. The normalized spacial score (nSPS) is 15.1. The van der Waals surface area contributed by atoms with Crippen LogP contribution in [0.3, 0.4) is 0 Å². The van der Waals surface area contributed by atoms with Crippen molar-refractivity contribution in [1.29, 1.82) is 0 Å². The minimum absolute atomic E-state index is 0.125. The van der Waals surface area contributed by atoms with Crippen LogP contribution < -0.4 is 0 Å². The van der Waals surface area contributed by atoms with Gasteiger partial charge in [0.25, 0.3) is 0 Å². The molecule has 0 heterocycles. The maximum atomic E-state index is 10.7. The van der Waals surface area contributed by atoms with E-state index in [1.54, 1.807) is 0 Å². The van der Waals surface area contributed by atoms with Gasteiger partial charge in [-0.2, -0.15) is 0 Å². The number of ether oxygens (including phenoxy) is 1. The van der Waals surface area contributed by atoms with Crippen LogP contribution in [0, 0.1) is 0 Å². The van der Waals surface area contributed by atoms with Crippen LogP contribution in [-0.2, 0) is 14.6 Å². The fraction of sp³-hybridized carbons (Fsp3) is 1.00. The molecule has 0 aliphatic carbocycles. The van der Waals surface area contributed by atoms with Gasteiger partial charge in [0, 0.05) is 13.4 Å². The van der Waals surface area contributed by atoms with Gasteiger partial charge < -0.3 is 4.74 Å². The second kappa shape index (κ2) is 3.93. The molecule has 0 bridgehead atoms. The van der Waals surface area contributed by atoms with E-state index < -0.39 is 9.84 Å². The van der Waals surface area contributed by atoms with E-state index in [4.69, 9.17) is 4.74 Å². The first-order valence-corrected chi connectivity index (χ1v) is 5.26. The first-order valence-electron chi connectivity index (χ1n) is 3.20. The summed E-state index contributed by atoms with van der Waals surface area (Å²) in [6.45, 7) is 1.90. The molecule has 0 amide bonds. The van der Waals surface area contributed by atoms with Gasteiger partial charge in [-0.25, -0.2) is 8.42 Å². The van der Waals surface area contributed by atoms with Crippen LogP contribution in [0.1, 0.15) is 13.3 Å². The molecule has 0 radical (unpaired) electrons. The third-order valence-corrected chi connectivity index (χ3v) is 2.25. The molecular weight excluding hydrogens is 152 g/mol. The molecule has 1 atom stereocenters. The first-order chi connectivity index (χ1) is 4.49. The minimum atomic E-state index is -2.87. The van der Waals surface area contributed by atoms with Crippen LogP contribution in [-0.4, -0.2) is 33.6 Å². The lowest BCUT2D eigenvalue weighted by atomic mass is 10.3. The Hall–Kier alpha value is -0.0900. The van der Waals surface area contributed by atoms with E-state index in [1.165, 1.54) is 13.4 Å². The maximum Gasteiger partial charge on any atom is 0.149 e. The first kappa shape index (κ1) is 9.91. The van der Waals surface area contributed by atoms with Gasteiger partial charge in [-0.05, 0) is 6.42 Å². The third kappa shape index (κ3) is 4.76. The molecule has 3 nitrogen and oxygen atoms in total. The van der Waals surface area contributed by atoms with Gasteiger partial charge in [-0.1, -0.05) is 6.92 Å². The van der Waals surface area contributed by atoms with E-state index >= 15 is 0 Å². The zero-order chi connectivity index (χ0) is 8.20. The summed E-state index contributed by atoms with van der Waals surface area (Å²) in [5.74, 6) is 0.125. The highest BCUT2D eigenvalue weighted by Gasteiger charge is 2.11. The Morgan fingerprint density at radius 3 is 2.10 bits per heavy atom. The Morgan fingerprint density at radius 2 is 2.00 bits per heavy atom. The quantitative estimate of drug-likeness (QED) is 0.609. The van der Waals surface area contributed by atoms with Crippen molar-refractivity contribution < 1.29 is 13.2 Å². The number of hydrogen-bond donors (Lipinski definition) is 0. The number of hydrogen-bond acceptors (Lipinski definition) is 3. The van der Waals surface area contributed by atoms with E-state index in [9.17, 15) is 8.42 Å². The predicted molar refractivity (Wildman–Crippen MR) is 40.8 cm³/mol. The van der Waals surface area contributed by atoms with Crippen LogP contribution in [0.4, 0.5) is 0 Å². The van der Waals surface area contributed by atoms with Crippen molar-refractivity contribution in [3.63, 3.8) is 0 Å². The van der Waals surface area contributed by atoms with Gasteiger partial charge in [0.1, 0.15) is 9.84 Å². The topological polar surface area (TPSA) is 43.4 Å². The highest BCUT2D eigenvalue weighted by atomic mass is 32.2. The molecule has 0 saturated heterocycles. The second-order valence-corrected chi connectivity index (χ2v) is 4.54. The molecule has 10 heavy (non-hydrogen) atoms. The van der Waals surface area contributed by atoms with Crippen LogP contribution >= 0.6 is 0 Å². The number of methoxy groups -OCH3 is 1. The zero-order valence-corrected chi connectivity index (χ0v) is 7.44. The lowest BCUT2D eigenvalue weighted by molar-refractivity contribution is 0.117. The van der Waals surface area contributed by atoms with Crippen LogP contribution in [0.15, 0.2) is 0 Å². The van der Waals surface area contributed by atoms with E-state index in [1.807, 2.05) is 6.92 Å². The summed E-state index contributed by atoms with van der Waals surface area (Å²) in [5.41, 5.74) is 0. The smallest absolute Gasteiger partial charge is 0.149 e. The molecule has 4 heteroatoms. The van der Waals surface area contributed by atoms with Crippen molar-refractivity contribution in [3.05, 3.63) is 0 Å². The lowest BCUT2D eigenvalue weighted by Crippen LogP contribution is -2.20. The van der Waals surface area contributed by atoms with Crippen LogP contribution in [0.5, 0.6) is 0 Å². The summed E-state index contributed by atoms with van der Waals surface area (Å²) in [6.07, 6.45) is 1.81. The molecule has 0 aliphatic rings. The molecule has 0 spiro atoms. The zero-order valence-electron chi connectivity index (χ0n) is 6.62. The average molecular weight is 166 g/mol. The maximum absolute atomic E-state index is 10.7. The molecular formula is C6H14O3S. The Balaban J connectivity index is 3.87. The number of sulfone groups is 1. The molecule has 1 unspecified atom stereocenters. The summed E-state index contributed by atoms with van der Waals surface area (Å²) in [6, 6.07) is 0. The van der Waals surface area contributed by atoms with Crippen molar-refractivity contribution in [3.8, 4) is 0 Å². The van der Waals surface area contributed by atoms with Gasteiger partial charge in [0.2, 0.25) is 0 Å². The SMILES string of the molecule is CCC(CS(C)(=O)=O)OC. The molecule has 0 fully saturated rings. The highest BCUT2D eigenvalue weighted by molar-refractivity contribution is 7.90. The molecule has 0 saturated carbocycles. The monoisotopic (exact) mass is 166 g/mol. The van der Waals surface area contributed by atoms with Crippen molar-refractivity contribution in [2.45, 2.75) is 19.4 Å². The summed E-state index contributed by atoms with van der Waals surface area (Å²) in [4.78, 5) is 0. The average Bonchev–Trinajstić information content (AvgIpc) is 1.81. The minimum Gasteiger partial charge on any atom is -0.380 e. The Kier molecular flexibility index (Phi) is 3.89. The molecule has 0 aromatic rings. The Morgan fingerprint density at radius 1 is 1.50 bits per heavy atom. The summed E-state index contributed by atoms with van der Waals surface area (Å²) >= 11 is 0.